The van der Waals surface area contributed by atoms with Crippen molar-refractivity contribution in [2.24, 2.45) is 18.0 Å². The number of aromatic nitrogens is 3. The van der Waals surface area contributed by atoms with E-state index in [9.17, 15) is 0 Å². The number of rotatable bonds is 10. The van der Waals surface area contributed by atoms with Gasteiger partial charge in [0, 0.05) is 53.0 Å². The van der Waals surface area contributed by atoms with Crippen molar-refractivity contribution in [3.63, 3.8) is 0 Å². The van der Waals surface area contributed by atoms with Crippen LogP contribution in [0.1, 0.15) is 31.9 Å². The molecule has 1 unspecified atom stereocenters. The molecule has 1 aliphatic rings. The Morgan fingerprint density at radius 3 is 2.55 bits per heavy atom. The first kappa shape index (κ1) is 26.1. The molecule has 0 amide bonds. The topological polar surface area (TPSA) is 88.8 Å². The van der Waals surface area contributed by atoms with Crippen LogP contribution in [0, 0.1) is 12.8 Å². The number of nitrogens with one attached hydrogen (secondary N) is 2. The van der Waals surface area contributed by atoms with Crippen molar-refractivity contribution >= 4 is 29.9 Å². The van der Waals surface area contributed by atoms with Crippen LogP contribution >= 0.6 is 24.0 Å². The smallest absolute Gasteiger partial charge is 0.191 e. The second-order valence-corrected chi connectivity index (χ2v) is 7.50. The van der Waals surface area contributed by atoms with Crippen LogP contribution in [0.5, 0.6) is 0 Å². The van der Waals surface area contributed by atoms with Gasteiger partial charge in [0.2, 0.25) is 0 Å². The molecular weight excluding hydrogens is 485 g/mol. The fraction of sp³-hybridized carbons (Fsp3) is 0.842. The average Bonchev–Trinajstić information content (AvgIpc) is 3.01. The van der Waals surface area contributed by atoms with Crippen LogP contribution in [0.25, 0.3) is 0 Å². The largest absolute Gasteiger partial charge is 0.385 e. The van der Waals surface area contributed by atoms with Gasteiger partial charge in [-0.15, -0.1) is 34.2 Å². The highest BCUT2D eigenvalue weighted by Gasteiger charge is 2.23. The van der Waals surface area contributed by atoms with Crippen LogP contribution in [0.4, 0.5) is 0 Å². The zero-order valence-corrected chi connectivity index (χ0v) is 20.8. The maximum Gasteiger partial charge on any atom is 0.191 e. The number of aryl methyl sites for hydroxylation is 1. The van der Waals surface area contributed by atoms with E-state index in [0.29, 0.717) is 18.5 Å². The molecule has 1 aliphatic heterocycles. The van der Waals surface area contributed by atoms with Gasteiger partial charge in [-0.2, -0.15) is 0 Å². The molecule has 168 valence electrons. The third kappa shape index (κ3) is 8.73. The predicted octanol–water partition coefficient (Wildman–Crippen LogP) is 1.17. The maximum absolute atomic E-state index is 5.51. The molecule has 0 aliphatic carbocycles. The molecule has 2 rings (SSSR count). The van der Waals surface area contributed by atoms with Gasteiger partial charge >= 0.3 is 0 Å². The summed E-state index contributed by atoms with van der Waals surface area (Å²) in [7, 11) is 3.69. The summed E-state index contributed by atoms with van der Waals surface area (Å²) in [5, 5.41) is 15.2. The number of guanidine groups is 1. The predicted molar refractivity (Wildman–Crippen MR) is 126 cm³/mol. The van der Waals surface area contributed by atoms with Crippen LogP contribution in [0.15, 0.2) is 4.99 Å². The van der Waals surface area contributed by atoms with Crippen molar-refractivity contribution in [2.75, 3.05) is 53.1 Å². The molecule has 0 aromatic carbocycles. The third-order valence-corrected chi connectivity index (χ3v) is 5.14. The Balaban J connectivity index is 0.00000420. The summed E-state index contributed by atoms with van der Waals surface area (Å²) in [6.45, 7) is 12.9. The van der Waals surface area contributed by atoms with Gasteiger partial charge in [-0.05, 0) is 19.3 Å². The lowest BCUT2D eigenvalue weighted by molar-refractivity contribution is 0.00752. The van der Waals surface area contributed by atoms with E-state index in [1.54, 1.807) is 7.11 Å². The Bertz CT molecular complexity index is 603. The number of hydrogen-bond acceptors (Lipinski definition) is 6. The standard InChI is InChI=1S/C19H37N7O2.HI/c1-15(2)17(26-8-11-28-12-9-26)13-21-19(20-7-6-10-27-5)22-14-18-24-23-16(3)25(18)4;/h15,17H,6-14H2,1-5H3,(H2,20,21,22);1H. The lowest BCUT2D eigenvalue weighted by atomic mass is 10.0. The Hall–Kier alpha value is -0.980. The van der Waals surface area contributed by atoms with Crippen LogP contribution in [0.2, 0.25) is 0 Å². The lowest BCUT2D eigenvalue weighted by Gasteiger charge is -2.37. The third-order valence-electron chi connectivity index (χ3n) is 5.14. The Labute approximate surface area is 192 Å². The number of halogens is 1. The molecule has 0 bridgehead atoms. The molecule has 1 atom stereocenters. The molecule has 0 spiro atoms. The summed E-state index contributed by atoms with van der Waals surface area (Å²) < 4.78 is 12.6. The van der Waals surface area contributed by atoms with Gasteiger partial charge in [-0.25, -0.2) is 4.99 Å². The monoisotopic (exact) mass is 523 g/mol. The quantitative estimate of drug-likeness (QED) is 0.206. The van der Waals surface area contributed by atoms with Crippen LogP contribution < -0.4 is 10.6 Å². The van der Waals surface area contributed by atoms with Crippen LogP contribution in [0.3, 0.4) is 0 Å². The van der Waals surface area contributed by atoms with E-state index in [-0.39, 0.29) is 24.0 Å². The number of methoxy groups -OCH3 is 1. The molecule has 0 saturated carbocycles. The first-order chi connectivity index (χ1) is 13.5. The van der Waals surface area contributed by atoms with Crippen LogP contribution in [-0.4, -0.2) is 84.8 Å². The summed E-state index contributed by atoms with van der Waals surface area (Å²) in [4.78, 5) is 7.24. The Morgan fingerprint density at radius 2 is 1.97 bits per heavy atom. The summed E-state index contributed by atoms with van der Waals surface area (Å²) in [6.07, 6.45) is 0.928. The van der Waals surface area contributed by atoms with Crippen molar-refractivity contribution in [1.82, 2.24) is 30.3 Å². The highest BCUT2D eigenvalue weighted by Crippen LogP contribution is 2.12. The molecule has 2 heterocycles. The van der Waals surface area contributed by atoms with Crippen LogP contribution in [-0.2, 0) is 23.1 Å². The fourth-order valence-corrected chi connectivity index (χ4v) is 3.23. The molecule has 10 heteroatoms. The molecule has 0 radical (unpaired) electrons. The Kier molecular flexibility index (Phi) is 12.7. The van der Waals surface area contributed by atoms with E-state index in [0.717, 1.165) is 70.0 Å². The van der Waals surface area contributed by atoms with Gasteiger partial charge in [0.05, 0.1) is 13.2 Å². The maximum atomic E-state index is 5.51. The van der Waals surface area contributed by atoms with E-state index >= 15 is 0 Å². The zero-order chi connectivity index (χ0) is 20.4. The summed E-state index contributed by atoms with van der Waals surface area (Å²) in [5.41, 5.74) is 0. The number of nitrogens with zero attached hydrogens (tertiary/aromatic N) is 5. The lowest BCUT2D eigenvalue weighted by Crippen LogP contribution is -2.52. The average molecular weight is 523 g/mol. The SMILES string of the molecule is COCCCNC(=NCc1nnc(C)n1C)NCC(C(C)C)N1CCOCC1.I. The molecule has 1 saturated heterocycles. The van der Waals surface area contributed by atoms with Gasteiger partial charge < -0.3 is 24.7 Å². The minimum absolute atomic E-state index is 0. The van der Waals surface area contributed by atoms with Crippen molar-refractivity contribution in [2.45, 2.75) is 39.8 Å². The van der Waals surface area contributed by atoms with Crippen molar-refractivity contribution in [3.8, 4) is 0 Å². The minimum atomic E-state index is 0. The minimum Gasteiger partial charge on any atom is -0.385 e. The summed E-state index contributed by atoms with van der Waals surface area (Å²) in [5.74, 6) is 3.08. The van der Waals surface area contributed by atoms with E-state index in [4.69, 9.17) is 14.5 Å². The molecule has 29 heavy (non-hydrogen) atoms. The number of ether oxygens (including phenoxy) is 2. The molecule has 1 aromatic rings. The molecule has 1 aromatic heterocycles. The van der Waals surface area contributed by atoms with Gasteiger partial charge in [-0.3, -0.25) is 4.90 Å². The van der Waals surface area contributed by atoms with Crippen molar-refractivity contribution in [3.05, 3.63) is 11.6 Å². The first-order valence-corrected chi connectivity index (χ1v) is 10.2. The number of hydrogen-bond donors (Lipinski definition) is 2. The Morgan fingerprint density at radius 1 is 1.24 bits per heavy atom. The van der Waals surface area contributed by atoms with Crippen molar-refractivity contribution < 1.29 is 9.47 Å². The molecule has 9 nitrogen and oxygen atoms in total. The van der Waals surface area contributed by atoms with E-state index in [1.165, 1.54) is 0 Å². The summed E-state index contributed by atoms with van der Waals surface area (Å²) in [6, 6.07) is 0.437. The number of morpholine rings is 1. The van der Waals surface area contributed by atoms with E-state index in [1.807, 2.05) is 18.5 Å². The second kappa shape index (κ2) is 14.1. The van der Waals surface area contributed by atoms with Gasteiger partial charge in [0.15, 0.2) is 11.8 Å². The molecule has 1 fully saturated rings. The normalized spacial score (nSPS) is 16.6. The highest BCUT2D eigenvalue weighted by molar-refractivity contribution is 14.0. The van der Waals surface area contributed by atoms with E-state index in [2.05, 4.69) is 39.6 Å². The van der Waals surface area contributed by atoms with Crippen molar-refractivity contribution in [1.29, 1.82) is 0 Å². The fourth-order valence-electron chi connectivity index (χ4n) is 3.23. The zero-order valence-electron chi connectivity index (χ0n) is 18.5. The first-order valence-electron chi connectivity index (χ1n) is 10.2. The van der Waals surface area contributed by atoms with Gasteiger partial charge in [0.25, 0.3) is 0 Å². The molecule has 2 N–H and O–H groups in total. The van der Waals surface area contributed by atoms with E-state index < -0.39 is 0 Å². The highest BCUT2D eigenvalue weighted by atomic mass is 127. The summed E-state index contributed by atoms with van der Waals surface area (Å²) >= 11 is 0. The number of aliphatic imine (C=N–C) groups is 1. The van der Waals surface area contributed by atoms with Gasteiger partial charge in [0.1, 0.15) is 12.4 Å². The molecular formula is C19H38IN7O2. The second-order valence-electron chi connectivity index (χ2n) is 7.50. The van der Waals surface area contributed by atoms with Gasteiger partial charge in [-0.1, -0.05) is 13.8 Å².